The first kappa shape index (κ1) is 11.7. The van der Waals surface area contributed by atoms with Gasteiger partial charge >= 0.3 is 0 Å². The van der Waals surface area contributed by atoms with Gasteiger partial charge in [-0.2, -0.15) is 0 Å². The van der Waals surface area contributed by atoms with E-state index in [2.05, 4.69) is 31.2 Å². The van der Waals surface area contributed by atoms with Crippen molar-refractivity contribution in [2.45, 2.75) is 20.8 Å². The molecule has 1 nitrogen and oxygen atoms in total. The van der Waals surface area contributed by atoms with E-state index in [1.807, 2.05) is 25.1 Å². The lowest BCUT2D eigenvalue weighted by atomic mass is 9.92. The van der Waals surface area contributed by atoms with Crippen LogP contribution in [-0.2, 0) is 4.79 Å². The Bertz CT molecular complexity index is 338. The number of hydrogen-bond donors (Lipinski definition) is 0. The molecule has 0 bridgehead atoms. The van der Waals surface area contributed by atoms with E-state index in [0.717, 1.165) is 0 Å². The van der Waals surface area contributed by atoms with Crippen molar-refractivity contribution in [2.75, 3.05) is 0 Å². The molecule has 0 aromatic heterocycles. The van der Waals surface area contributed by atoms with Crippen LogP contribution in [0.3, 0.4) is 0 Å². The zero-order valence-corrected chi connectivity index (χ0v) is 9.60. The Morgan fingerprint density at radius 1 is 1.20 bits per heavy atom. The summed E-state index contributed by atoms with van der Waals surface area (Å²) in [6.07, 6.45) is 4.17. The molecule has 80 valence electrons. The van der Waals surface area contributed by atoms with E-state index >= 15 is 0 Å². The van der Waals surface area contributed by atoms with Gasteiger partial charge in [0.1, 0.15) is 5.78 Å². The molecule has 0 spiro atoms. The predicted octanol–water partition coefficient (Wildman–Crippen LogP) is 3.56. The largest absolute Gasteiger partial charge is 0.300 e. The lowest BCUT2D eigenvalue weighted by molar-refractivity contribution is -0.121. The number of carbonyl (C=O) groups is 1. The number of Topliss-reactive ketones (excluding diaryl/α,β-unsaturated/α-hetero) is 1. The normalized spacial score (nSPS) is 15.1. The third kappa shape index (κ3) is 3.70. The van der Waals surface area contributed by atoms with Gasteiger partial charge in [-0.15, -0.1) is 0 Å². The van der Waals surface area contributed by atoms with Crippen molar-refractivity contribution in [3.8, 4) is 0 Å². The molecule has 0 aliphatic rings. The van der Waals surface area contributed by atoms with Crippen LogP contribution in [0.4, 0.5) is 0 Å². The van der Waals surface area contributed by atoms with Gasteiger partial charge in [0.25, 0.3) is 0 Å². The lowest BCUT2D eigenvalue weighted by Crippen LogP contribution is -2.13. The molecule has 0 saturated carbocycles. The van der Waals surface area contributed by atoms with E-state index in [9.17, 15) is 4.79 Å². The van der Waals surface area contributed by atoms with Crippen LogP contribution in [0.15, 0.2) is 36.4 Å². The van der Waals surface area contributed by atoms with Crippen LogP contribution in [0, 0.1) is 11.8 Å². The lowest BCUT2D eigenvalue weighted by Gasteiger charge is -2.12. The van der Waals surface area contributed by atoms with Crippen molar-refractivity contribution in [1.82, 2.24) is 0 Å². The zero-order valence-electron chi connectivity index (χ0n) is 9.60. The number of allylic oxidation sites excluding steroid dienone is 1. The summed E-state index contributed by atoms with van der Waals surface area (Å²) in [5.74, 6) is 0.646. The van der Waals surface area contributed by atoms with Crippen LogP contribution in [0.2, 0.25) is 0 Å². The Morgan fingerprint density at radius 2 is 1.80 bits per heavy atom. The van der Waals surface area contributed by atoms with E-state index in [-0.39, 0.29) is 11.7 Å². The molecule has 1 aromatic rings. The van der Waals surface area contributed by atoms with Gasteiger partial charge < -0.3 is 0 Å². The molecule has 1 rings (SSSR count). The number of rotatable bonds is 4. The second-order valence-electron chi connectivity index (χ2n) is 4.03. The minimum atomic E-state index is 0.102. The highest BCUT2D eigenvalue weighted by molar-refractivity contribution is 5.78. The van der Waals surface area contributed by atoms with Crippen LogP contribution >= 0.6 is 0 Å². The molecule has 0 N–H and O–H groups in total. The SMILES string of the molecule is CC(=O)C(C)C(C)/C=C/c1ccccc1. The van der Waals surface area contributed by atoms with E-state index in [4.69, 9.17) is 0 Å². The van der Waals surface area contributed by atoms with Crippen LogP contribution < -0.4 is 0 Å². The standard InChI is InChI=1S/C14H18O/c1-11(12(2)13(3)15)9-10-14-7-5-4-6-8-14/h4-12H,1-3H3/b10-9+. The molecule has 0 fully saturated rings. The van der Waals surface area contributed by atoms with Crippen LogP contribution in [-0.4, -0.2) is 5.78 Å². The summed E-state index contributed by atoms with van der Waals surface area (Å²) < 4.78 is 0. The maximum atomic E-state index is 11.2. The fraction of sp³-hybridized carbons (Fsp3) is 0.357. The second-order valence-corrected chi connectivity index (χ2v) is 4.03. The van der Waals surface area contributed by atoms with E-state index in [0.29, 0.717) is 5.92 Å². The molecule has 2 atom stereocenters. The van der Waals surface area contributed by atoms with Gasteiger partial charge in [0.2, 0.25) is 0 Å². The van der Waals surface area contributed by atoms with Gasteiger partial charge in [-0.05, 0) is 18.4 Å². The monoisotopic (exact) mass is 202 g/mol. The van der Waals surface area contributed by atoms with Crippen molar-refractivity contribution in [2.24, 2.45) is 11.8 Å². The molecule has 2 unspecified atom stereocenters. The Kier molecular flexibility index (Phi) is 4.29. The summed E-state index contributed by atoms with van der Waals surface area (Å²) in [6.45, 7) is 5.70. The molecule has 0 aliphatic heterocycles. The summed E-state index contributed by atoms with van der Waals surface area (Å²) in [4.78, 5) is 11.2. The third-order valence-electron chi connectivity index (χ3n) is 2.82. The Balaban J connectivity index is 2.62. The molecule has 1 heteroatoms. The quantitative estimate of drug-likeness (QED) is 0.729. The second kappa shape index (κ2) is 5.50. The number of hydrogen-bond acceptors (Lipinski definition) is 1. The molecular weight excluding hydrogens is 184 g/mol. The average molecular weight is 202 g/mol. The summed E-state index contributed by atoms with van der Waals surface area (Å²) in [7, 11) is 0. The summed E-state index contributed by atoms with van der Waals surface area (Å²) >= 11 is 0. The van der Waals surface area contributed by atoms with Crippen molar-refractivity contribution < 1.29 is 4.79 Å². The van der Waals surface area contributed by atoms with Crippen molar-refractivity contribution in [3.05, 3.63) is 42.0 Å². The molecule has 0 radical (unpaired) electrons. The van der Waals surface area contributed by atoms with Gasteiger partial charge in [-0.25, -0.2) is 0 Å². The first-order chi connectivity index (χ1) is 7.11. The maximum absolute atomic E-state index is 11.2. The minimum Gasteiger partial charge on any atom is -0.300 e. The fourth-order valence-electron chi connectivity index (χ4n) is 1.36. The Morgan fingerprint density at radius 3 is 2.33 bits per heavy atom. The van der Waals surface area contributed by atoms with E-state index in [1.54, 1.807) is 6.92 Å². The molecule has 0 aliphatic carbocycles. The van der Waals surface area contributed by atoms with Gasteiger partial charge in [-0.3, -0.25) is 4.79 Å². The number of ketones is 1. The Labute approximate surface area is 91.8 Å². The van der Waals surface area contributed by atoms with Crippen LogP contribution in [0.1, 0.15) is 26.3 Å². The third-order valence-corrected chi connectivity index (χ3v) is 2.82. The van der Waals surface area contributed by atoms with Gasteiger partial charge in [0.05, 0.1) is 0 Å². The van der Waals surface area contributed by atoms with Crippen LogP contribution in [0.25, 0.3) is 6.08 Å². The highest BCUT2D eigenvalue weighted by Gasteiger charge is 2.13. The highest BCUT2D eigenvalue weighted by atomic mass is 16.1. The maximum Gasteiger partial charge on any atom is 0.133 e. The van der Waals surface area contributed by atoms with Crippen molar-refractivity contribution >= 4 is 11.9 Å². The molecule has 0 saturated heterocycles. The zero-order chi connectivity index (χ0) is 11.3. The number of carbonyl (C=O) groups excluding carboxylic acids is 1. The fourth-order valence-corrected chi connectivity index (χ4v) is 1.36. The van der Waals surface area contributed by atoms with E-state index < -0.39 is 0 Å². The van der Waals surface area contributed by atoms with Crippen LogP contribution in [0.5, 0.6) is 0 Å². The molecule has 0 amide bonds. The van der Waals surface area contributed by atoms with Crippen molar-refractivity contribution in [1.29, 1.82) is 0 Å². The van der Waals surface area contributed by atoms with Gasteiger partial charge in [0, 0.05) is 5.92 Å². The van der Waals surface area contributed by atoms with Gasteiger partial charge in [0.15, 0.2) is 0 Å². The van der Waals surface area contributed by atoms with Crippen molar-refractivity contribution in [3.63, 3.8) is 0 Å². The highest BCUT2D eigenvalue weighted by Crippen LogP contribution is 2.15. The van der Waals surface area contributed by atoms with Gasteiger partial charge in [-0.1, -0.05) is 56.3 Å². The van der Waals surface area contributed by atoms with E-state index in [1.165, 1.54) is 5.56 Å². The molecule has 15 heavy (non-hydrogen) atoms. The average Bonchev–Trinajstić information content (AvgIpc) is 2.26. The topological polar surface area (TPSA) is 17.1 Å². The molecule has 1 aromatic carbocycles. The Hall–Kier alpha value is -1.37. The number of benzene rings is 1. The predicted molar refractivity (Wildman–Crippen MR) is 64.5 cm³/mol. The first-order valence-corrected chi connectivity index (χ1v) is 5.35. The molecule has 0 heterocycles. The summed E-state index contributed by atoms with van der Waals surface area (Å²) in [5.41, 5.74) is 1.18. The smallest absolute Gasteiger partial charge is 0.133 e. The minimum absolute atomic E-state index is 0.102. The summed E-state index contributed by atoms with van der Waals surface area (Å²) in [6, 6.07) is 10.1. The summed E-state index contributed by atoms with van der Waals surface area (Å²) in [5, 5.41) is 0. The first-order valence-electron chi connectivity index (χ1n) is 5.35. The molecular formula is C14H18O.